The maximum atomic E-state index is 12.2. The first-order valence-electron chi connectivity index (χ1n) is 7.07. The summed E-state index contributed by atoms with van der Waals surface area (Å²) in [6.07, 6.45) is 1.53. The van der Waals surface area contributed by atoms with Crippen LogP contribution in [0.5, 0.6) is 0 Å². The van der Waals surface area contributed by atoms with Crippen molar-refractivity contribution >= 4 is 22.9 Å². The molecule has 0 fully saturated rings. The molecule has 1 aromatic rings. The highest BCUT2D eigenvalue weighted by Gasteiger charge is 2.26. The molecule has 0 bridgehead atoms. The van der Waals surface area contributed by atoms with Crippen LogP contribution in [0.25, 0.3) is 5.57 Å². The Kier molecular flexibility index (Phi) is 6.37. The van der Waals surface area contributed by atoms with Crippen molar-refractivity contribution in [2.45, 2.75) is 33.6 Å². The second kappa shape index (κ2) is 8.02. The minimum Gasteiger partial charge on any atom is -0.462 e. The van der Waals surface area contributed by atoms with Crippen molar-refractivity contribution in [3.63, 3.8) is 0 Å². The molecule has 0 aliphatic carbocycles. The third-order valence-corrected chi connectivity index (χ3v) is 3.09. The van der Waals surface area contributed by atoms with Crippen molar-refractivity contribution in [2.24, 2.45) is 0 Å². The van der Waals surface area contributed by atoms with Crippen LogP contribution in [0.15, 0.2) is 23.8 Å². The molecule has 0 aromatic heterocycles. The van der Waals surface area contributed by atoms with E-state index in [9.17, 15) is 25.0 Å². The SMILES string of the molecule is CCCCOC(=O)C(=C(C)C)c1ccc([N+](=O)[O-])cc1[N+](=O)[O-]. The molecule has 0 atom stereocenters. The average molecular weight is 322 g/mol. The van der Waals surface area contributed by atoms with Gasteiger partial charge in [-0.25, -0.2) is 4.79 Å². The molecule has 0 saturated heterocycles. The molecule has 0 aliphatic rings. The predicted molar refractivity (Wildman–Crippen MR) is 83.9 cm³/mol. The van der Waals surface area contributed by atoms with Gasteiger partial charge in [-0.2, -0.15) is 0 Å². The van der Waals surface area contributed by atoms with E-state index in [1.807, 2.05) is 6.92 Å². The van der Waals surface area contributed by atoms with Crippen LogP contribution in [0.1, 0.15) is 39.2 Å². The zero-order chi connectivity index (χ0) is 17.6. The van der Waals surface area contributed by atoms with Gasteiger partial charge in [0.2, 0.25) is 0 Å². The van der Waals surface area contributed by atoms with Gasteiger partial charge in [-0.1, -0.05) is 18.9 Å². The number of non-ortho nitro benzene ring substituents is 1. The van der Waals surface area contributed by atoms with E-state index < -0.39 is 27.2 Å². The number of hydrogen-bond acceptors (Lipinski definition) is 6. The number of nitrogens with zero attached hydrogens (tertiary/aromatic N) is 2. The van der Waals surface area contributed by atoms with E-state index in [4.69, 9.17) is 4.74 Å². The summed E-state index contributed by atoms with van der Waals surface area (Å²) in [4.78, 5) is 32.7. The summed E-state index contributed by atoms with van der Waals surface area (Å²) in [5, 5.41) is 22.0. The first-order chi connectivity index (χ1) is 10.8. The fraction of sp³-hybridized carbons (Fsp3) is 0.400. The number of benzene rings is 1. The van der Waals surface area contributed by atoms with Crippen molar-refractivity contribution < 1.29 is 19.4 Å². The maximum absolute atomic E-state index is 12.2. The number of carbonyl (C=O) groups is 1. The zero-order valence-electron chi connectivity index (χ0n) is 13.2. The van der Waals surface area contributed by atoms with E-state index in [0.29, 0.717) is 12.0 Å². The first-order valence-corrected chi connectivity index (χ1v) is 7.07. The molecule has 0 radical (unpaired) electrons. The minimum absolute atomic E-state index is 0.0158. The lowest BCUT2D eigenvalue weighted by atomic mass is 9.99. The number of hydrogen-bond donors (Lipinski definition) is 0. The highest BCUT2D eigenvalue weighted by atomic mass is 16.6. The van der Waals surface area contributed by atoms with E-state index in [-0.39, 0.29) is 17.7 Å². The molecule has 124 valence electrons. The Hall–Kier alpha value is -2.77. The summed E-state index contributed by atoms with van der Waals surface area (Å²) in [6, 6.07) is 3.18. The summed E-state index contributed by atoms with van der Waals surface area (Å²) < 4.78 is 5.12. The van der Waals surface area contributed by atoms with Gasteiger partial charge in [0.15, 0.2) is 0 Å². The van der Waals surface area contributed by atoms with Crippen LogP contribution in [0, 0.1) is 20.2 Å². The summed E-state index contributed by atoms with van der Waals surface area (Å²) in [6.45, 7) is 5.41. The number of carbonyl (C=O) groups excluding carboxylic acids is 1. The van der Waals surface area contributed by atoms with Crippen LogP contribution >= 0.6 is 0 Å². The van der Waals surface area contributed by atoms with Crippen LogP contribution < -0.4 is 0 Å². The zero-order valence-corrected chi connectivity index (χ0v) is 13.2. The summed E-state index contributed by atoms with van der Waals surface area (Å²) in [7, 11) is 0. The molecule has 23 heavy (non-hydrogen) atoms. The molecule has 0 amide bonds. The quantitative estimate of drug-likeness (QED) is 0.249. The van der Waals surface area contributed by atoms with E-state index in [1.54, 1.807) is 13.8 Å². The number of nitro groups is 2. The van der Waals surface area contributed by atoms with Crippen molar-refractivity contribution in [1.82, 2.24) is 0 Å². The highest BCUT2D eigenvalue weighted by molar-refractivity contribution is 6.18. The van der Waals surface area contributed by atoms with E-state index in [2.05, 4.69) is 0 Å². The highest BCUT2D eigenvalue weighted by Crippen LogP contribution is 2.32. The van der Waals surface area contributed by atoms with Gasteiger partial charge in [0.05, 0.1) is 33.7 Å². The van der Waals surface area contributed by atoms with E-state index in [1.165, 1.54) is 6.07 Å². The normalized spacial score (nSPS) is 10.0. The molecule has 0 N–H and O–H groups in total. The molecule has 0 heterocycles. The Labute approximate surface area is 133 Å². The summed E-state index contributed by atoms with van der Waals surface area (Å²) in [5.41, 5.74) is -0.302. The number of nitro benzene ring substituents is 2. The molecular weight excluding hydrogens is 304 g/mol. The van der Waals surface area contributed by atoms with Crippen LogP contribution in [0.3, 0.4) is 0 Å². The van der Waals surface area contributed by atoms with Crippen LogP contribution in [0.2, 0.25) is 0 Å². The van der Waals surface area contributed by atoms with Gasteiger partial charge in [-0.05, 0) is 26.3 Å². The van der Waals surface area contributed by atoms with Crippen LogP contribution in [-0.2, 0) is 9.53 Å². The number of esters is 1. The lowest BCUT2D eigenvalue weighted by molar-refractivity contribution is -0.394. The second-order valence-electron chi connectivity index (χ2n) is 5.08. The van der Waals surface area contributed by atoms with Crippen molar-refractivity contribution in [2.75, 3.05) is 6.61 Å². The first kappa shape index (κ1) is 18.3. The van der Waals surface area contributed by atoms with Gasteiger partial charge < -0.3 is 4.74 Å². The molecular formula is C15H18N2O6. The fourth-order valence-corrected chi connectivity index (χ4v) is 1.96. The monoisotopic (exact) mass is 322 g/mol. The molecule has 0 unspecified atom stereocenters. The maximum Gasteiger partial charge on any atom is 0.338 e. The molecule has 0 saturated carbocycles. The molecule has 0 spiro atoms. The molecule has 0 aliphatic heterocycles. The van der Waals surface area contributed by atoms with Gasteiger partial charge >= 0.3 is 5.97 Å². The smallest absolute Gasteiger partial charge is 0.338 e. The van der Waals surface area contributed by atoms with Gasteiger partial charge in [-0.15, -0.1) is 0 Å². The lowest BCUT2D eigenvalue weighted by Gasteiger charge is -2.10. The lowest BCUT2D eigenvalue weighted by Crippen LogP contribution is -2.11. The van der Waals surface area contributed by atoms with Gasteiger partial charge in [-0.3, -0.25) is 20.2 Å². The Morgan fingerprint density at radius 1 is 1.17 bits per heavy atom. The summed E-state index contributed by atoms with van der Waals surface area (Å²) >= 11 is 0. The van der Waals surface area contributed by atoms with E-state index in [0.717, 1.165) is 18.6 Å². The Bertz CT molecular complexity index is 662. The second-order valence-corrected chi connectivity index (χ2v) is 5.08. The number of unbranched alkanes of at least 4 members (excludes halogenated alkanes) is 1. The number of ether oxygens (including phenoxy) is 1. The largest absolute Gasteiger partial charge is 0.462 e. The van der Waals surface area contributed by atoms with Gasteiger partial charge in [0.25, 0.3) is 11.4 Å². The predicted octanol–water partition coefficient (Wildman–Crippen LogP) is 3.64. The third-order valence-electron chi connectivity index (χ3n) is 3.09. The third kappa shape index (κ3) is 4.60. The van der Waals surface area contributed by atoms with E-state index >= 15 is 0 Å². The topological polar surface area (TPSA) is 113 Å². The molecule has 1 rings (SSSR count). The van der Waals surface area contributed by atoms with Crippen molar-refractivity contribution in [3.05, 3.63) is 49.6 Å². The average Bonchev–Trinajstić information content (AvgIpc) is 2.47. The van der Waals surface area contributed by atoms with Crippen molar-refractivity contribution in [1.29, 1.82) is 0 Å². The van der Waals surface area contributed by atoms with Crippen LogP contribution in [-0.4, -0.2) is 22.4 Å². The molecule has 8 nitrogen and oxygen atoms in total. The fourth-order valence-electron chi connectivity index (χ4n) is 1.96. The number of rotatable bonds is 7. The Morgan fingerprint density at radius 3 is 2.30 bits per heavy atom. The molecule has 8 heteroatoms. The number of allylic oxidation sites excluding steroid dienone is 1. The molecule has 1 aromatic carbocycles. The minimum atomic E-state index is -0.745. The summed E-state index contributed by atoms with van der Waals surface area (Å²) in [5.74, 6) is -0.671. The van der Waals surface area contributed by atoms with Crippen LogP contribution in [0.4, 0.5) is 11.4 Å². The standard InChI is InChI=1S/C15H18N2O6/c1-4-5-8-23-15(18)14(10(2)3)12-7-6-11(16(19)20)9-13(12)17(21)22/h6-7,9H,4-5,8H2,1-3H3. The van der Waals surface area contributed by atoms with Gasteiger partial charge in [0.1, 0.15) is 0 Å². The Morgan fingerprint density at radius 2 is 1.83 bits per heavy atom. The Balaban J connectivity index is 3.33. The van der Waals surface area contributed by atoms with Gasteiger partial charge in [0, 0.05) is 6.07 Å². The van der Waals surface area contributed by atoms with Crippen molar-refractivity contribution in [3.8, 4) is 0 Å².